The molecule has 2 amide bonds. The molecule has 2 fully saturated rings. The molecule has 0 aromatic heterocycles. The molecule has 256 valence electrons. The number of nitrogens with zero attached hydrogens (tertiary/aromatic N) is 2. The SMILES string of the molecule is CCC(=Cc1ccccc1)[C@@H]1C[C@H]1N(C[C@H]1CC[C@H](N(Cc2ccc(C(=O)OC)cc2)C(=O)OC(C)(C)C)CC1)C(=O)OC(C)(C)C. The first kappa shape index (κ1) is 36.0. The predicted molar refractivity (Wildman–Crippen MR) is 185 cm³/mol. The van der Waals surface area contributed by atoms with Crippen LogP contribution in [0.5, 0.6) is 0 Å². The molecular formula is C39H54N2O6. The molecule has 0 unspecified atom stereocenters. The minimum Gasteiger partial charge on any atom is -0.465 e. The van der Waals surface area contributed by atoms with E-state index < -0.39 is 17.2 Å². The second kappa shape index (κ2) is 15.4. The van der Waals surface area contributed by atoms with Crippen LogP contribution >= 0.6 is 0 Å². The smallest absolute Gasteiger partial charge is 0.410 e. The monoisotopic (exact) mass is 646 g/mol. The standard InChI is InChI=1S/C39H54N2O6/c1-9-30(23-27-13-11-10-12-14-27)33-24-34(33)41(37(44)47-39(5,6)7)26-29-17-21-32(22-18-29)40(36(43)46-38(2,3)4)25-28-15-19-31(20-16-28)35(42)45-8/h10-16,19-20,23,29,32-34H,9,17-18,21-22,24-26H2,1-8H3/t29-,32-,33-,34+/m0/s1. The van der Waals surface area contributed by atoms with Crippen LogP contribution < -0.4 is 0 Å². The van der Waals surface area contributed by atoms with Gasteiger partial charge < -0.3 is 24.0 Å². The molecule has 0 bridgehead atoms. The maximum atomic E-state index is 13.6. The van der Waals surface area contributed by atoms with Gasteiger partial charge in [0.05, 0.1) is 12.7 Å². The third-order valence-corrected chi connectivity index (χ3v) is 8.89. The van der Waals surface area contributed by atoms with Gasteiger partial charge in [0.25, 0.3) is 0 Å². The number of benzene rings is 2. The van der Waals surface area contributed by atoms with E-state index in [2.05, 4.69) is 37.3 Å². The molecule has 0 heterocycles. The molecule has 47 heavy (non-hydrogen) atoms. The predicted octanol–water partition coefficient (Wildman–Crippen LogP) is 8.89. The van der Waals surface area contributed by atoms with Crippen molar-refractivity contribution in [3.8, 4) is 0 Å². The molecule has 2 aromatic carbocycles. The fraction of sp³-hybridized carbons (Fsp3) is 0.564. The Morgan fingerprint density at radius 3 is 1.91 bits per heavy atom. The zero-order valence-electron chi connectivity index (χ0n) is 29.6. The molecule has 2 aliphatic carbocycles. The molecule has 8 nitrogen and oxygen atoms in total. The van der Waals surface area contributed by atoms with Crippen molar-refractivity contribution in [2.75, 3.05) is 13.7 Å². The highest BCUT2D eigenvalue weighted by molar-refractivity contribution is 5.89. The van der Waals surface area contributed by atoms with Gasteiger partial charge in [-0.25, -0.2) is 14.4 Å². The second-order valence-electron chi connectivity index (χ2n) is 15.0. The topological polar surface area (TPSA) is 85.4 Å². The van der Waals surface area contributed by atoms with Gasteiger partial charge in [0.15, 0.2) is 0 Å². The third kappa shape index (κ3) is 10.6. The van der Waals surface area contributed by atoms with Gasteiger partial charge in [-0.15, -0.1) is 0 Å². The number of esters is 1. The van der Waals surface area contributed by atoms with E-state index in [0.29, 0.717) is 30.5 Å². The van der Waals surface area contributed by atoms with E-state index in [1.165, 1.54) is 18.2 Å². The van der Waals surface area contributed by atoms with Gasteiger partial charge in [-0.2, -0.15) is 0 Å². The molecule has 0 aliphatic heterocycles. The normalized spacial score (nSPS) is 21.4. The van der Waals surface area contributed by atoms with E-state index in [1.54, 1.807) is 12.1 Å². The second-order valence-corrected chi connectivity index (χ2v) is 15.0. The highest BCUT2D eigenvalue weighted by Gasteiger charge is 2.47. The van der Waals surface area contributed by atoms with Crippen LogP contribution in [0.1, 0.15) is 108 Å². The van der Waals surface area contributed by atoms with E-state index in [1.807, 2.05) is 69.5 Å². The number of carbonyl (C=O) groups is 3. The summed E-state index contributed by atoms with van der Waals surface area (Å²) >= 11 is 0. The van der Waals surface area contributed by atoms with Crippen LogP contribution in [-0.4, -0.2) is 64.9 Å². The van der Waals surface area contributed by atoms with Crippen LogP contribution in [0.15, 0.2) is 60.2 Å². The Balaban J connectivity index is 1.46. The first-order valence-corrected chi connectivity index (χ1v) is 17.1. The number of carbonyl (C=O) groups excluding carboxylic acids is 3. The number of rotatable bonds is 10. The summed E-state index contributed by atoms with van der Waals surface area (Å²) < 4.78 is 16.6. The summed E-state index contributed by atoms with van der Waals surface area (Å²) in [5, 5.41) is 0. The molecule has 0 N–H and O–H groups in total. The van der Waals surface area contributed by atoms with Crippen molar-refractivity contribution in [3.63, 3.8) is 0 Å². The minimum atomic E-state index is -0.623. The summed E-state index contributed by atoms with van der Waals surface area (Å²) in [6, 6.07) is 17.7. The molecule has 0 spiro atoms. The van der Waals surface area contributed by atoms with E-state index in [9.17, 15) is 14.4 Å². The summed E-state index contributed by atoms with van der Waals surface area (Å²) in [6.07, 6.45) is 6.99. The number of methoxy groups -OCH3 is 1. The van der Waals surface area contributed by atoms with Gasteiger partial charge in [0, 0.05) is 31.1 Å². The summed E-state index contributed by atoms with van der Waals surface area (Å²) in [4.78, 5) is 42.8. The van der Waals surface area contributed by atoms with Gasteiger partial charge >= 0.3 is 18.2 Å². The van der Waals surface area contributed by atoms with Gasteiger partial charge in [0.2, 0.25) is 0 Å². The lowest BCUT2D eigenvalue weighted by Crippen LogP contribution is -2.46. The molecule has 0 radical (unpaired) electrons. The quantitative estimate of drug-likeness (QED) is 0.189. The molecule has 2 aromatic rings. The largest absolute Gasteiger partial charge is 0.465 e. The van der Waals surface area contributed by atoms with Crippen molar-refractivity contribution in [1.29, 1.82) is 0 Å². The molecule has 2 atom stereocenters. The lowest BCUT2D eigenvalue weighted by atomic mass is 9.84. The van der Waals surface area contributed by atoms with Crippen LogP contribution in [0.2, 0.25) is 0 Å². The first-order chi connectivity index (χ1) is 22.2. The summed E-state index contributed by atoms with van der Waals surface area (Å²) in [5.41, 5.74) is 2.74. The fourth-order valence-corrected chi connectivity index (χ4v) is 6.47. The zero-order chi connectivity index (χ0) is 34.4. The lowest BCUT2D eigenvalue weighted by Gasteiger charge is -2.39. The first-order valence-electron chi connectivity index (χ1n) is 17.1. The van der Waals surface area contributed by atoms with Crippen molar-refractivity contribution in [2.24, 2.45) is 11.8 Å². The van der Waals surface area contributed by atoms with Crippen LogP contribution in [0, 0.1) is 11.8 Å². The van der Waals surface area contributed by atoms with Gasteiger partial charge in [0.1, 0.15) is 11.2 Å². The van der Waals surface area contributed by atoms with Gasteiger partial charge in [-0.05, 0) is 109 Å². The van der Waals surface area contributed by atoms with Crippen LogP contribution in [-0.2, 0) is 20.8 Å². The van der Waals surface area contributed by atoms with Crippen LogP contribution in [0.4, 0.5) is 9.59 Å². The number of hydrogen-bond donors (Lipinski definition) is 0. The Kier molecular flexibility index (Phi) is 11.8. The summed E-state index contributed by atoms with van der Waals surface area (Å²) in [6.45, 7) is 14.6. The Hall–Kier alpha value is -3.81. The van der Waals surface area contributed by atoms with E-state index >= 15 is 0 Å². The van der Waals surface area contributed by atoms with Gasteiger partial charge in [-0.1, -0.05) is 61.0 Å². The van der Waals surface area contributed by atoms with E-state index in [0.717, 1.165) is 44.1 Å². The molecule has 4 rings (SSSR count). The molecule has 2 saturated carbocycles. The number of amides is 2. The molecule has 8 heteroatoms. The van der Waals surface area contributed by atoms with Crippen molar-refractivity contribution >= 4 is 24.2 Å². The van der Waals surface area contributed by atoms with Gasteiger partial charge in [-0.3, -0.25) is 0 Å². The molecule has 2 aliphatic rings. The minimum absolute atomic E-state index is 0.00512. The maximum absolute atomic E-state index is 13.6. The Morgan fingerprint density at radius 2 is 1.38 bits per heavy atom. The van der Waals surface area contributed by atoms with E-state index in [4.69, 9.17) is 14.2 Å². The highest BCUT2D eigenvalue weighted by Crippen LogP contribution is 2.45. The fourth-order valence-electron chi connectivity index (χ4n) is 6.47. The van der Waals surface area contributed by atoms with E-state index in [-0.39, 0.29) is 24.3 Å². The zero-order valence-corrected chi connectivity index (χ0v) is 29.6. The van der Waals surface area contributed by atoms with Crippen molar-refractivity contribution in [1.82, 2.24) is 9.80 Å². The average molecular weight is 647 g/mol. The Bertz CT molecular complexity index is 1380. The Morgan fingerprint density at radius 1 is 0.809 bits per heavy atom. The third-order valence-electron chi connectivity index (χ3n) is 8.89. The number of ether oxygens (including phenoxy) is 3. The number of hydrogen-bond acceptors (Lipinski definition) is 6. The van der Waals surface area contributed by atoms with Crippen LogP contribution in [0.25, 0.3) is 6.08 Å². The van der Waals surface area contributed by atoms with Crippen molar-refractivity contribution < 1.29 is 28.6 Å². The summed E-state index contributed by atoms with van der Waals surface area (Å²) in [5.74, 6) is 0.246. The molecular weight excluding hydrogens is 592 g/mol. The lowest BCUT2D eigenvalue weighted by molar-refractivity contribution is 0.00499. The Labute approximate surface area is 281 Å². The molecule has 0 saturated heterocycles. The maximum Gasteiger partial charge on any atom is 0.410 e. The average Bonchev–Trinajstić information content (AvgIpc) is 3.80. The van der Waals surface area contributed by atoms with Crippen molar-refractivity contribution in [2.45, 2.75) is 117 Å². The van der Waals surface area contributed by atoms with Crippen LogP contribution in [0.3, 0.4) is 0 Å². The highest BCUT2D eigenvalue weighted by atomic mass is 16.6. The van der Waals surface area contributed by atoms with Crippen molar-refractivity contribution in [3.05, 3.63) is 76.9 Å². The summed E-state index contributed by atoms with van der Waals surface area (Å²) in [7, 11) is 1.36.